The zero-order chi connectivity index (χ0) is 13.0. The lowest BCUT2D eigenvalue weighted by Crippen LogP contribution is -2.47. The summed E-state index contributed by atoms with van der Waals surface area (Å²) in [7, 11) is 2.09. The number of rotatable bonds is 4. The average molecular weight is 246 g/mol. The topological polar surface area (TPSA) is 15.3 Å². The van der Waals surface area contributed by atoms with Gasteiger partial charge >= 0.3 is 0 Å². The number of aryl methyl sites for hydroxylation is 1. The van der Waals surface area contributed by atoms with E-state index < -0.39 is 0 Å². The van der Waals surface area contributed by atoms with Crippen molar-refractivity contribution in [3.05, 3.63) is 35.4 Å². The minimum absolute atomic E-state index is 0.709. The highest BCUT2D eigenvalue weighted by Gasteiger charge is 2.24. The highest BCUT2D eigenvalue weighted by molar-refractivity contribution is 5.22. The van der Waals surface area contributed by atoms with Gasteiger partial charge < -0.3 is 10.2 Å². The Kier molecular flexibility index (Phi) is 4.79. The number of nitrogens with one attached hydrogen (secondary N) is 1. The van der Waals surface area contributed by atoms with Crippen LogP contribution in [-0.2, 0) is 6.42 Å². The maximum absolute atomic E-state index is 3.43. The SMILES string of the molecule is CNC1CCN(CCc2cccc(C)c2)CC1C. The van der Waals surface area contributed by atoms with E-state index in [1.807, 2.05) is 0 Å². The van der Waals surface area contributed by atoms with Crippen molar-refractivity contribution in [2.24, 2.45) is 5.92 Å². The molecule has 0 radical (unpaired) electrons. The van der Waals surface area contributed by atoms with Crippen LogP contribution in [0.1, 0.15) is 24.5 Å². The van der Waals surface area contributed by atoms with Crippen molar-refractivity contribution in [1.82, 2.24) is 10.2 Å². The predicted octanol–water partition coefficient (Wildman–Crippen LogP) is 2.47. The predicted molar refractivity (Wildman–Crippen MR) is 78.0 cm³/mol. The van der Waals surface area contributed by atoms with E-state index in [0.29, 0.717) is 6.04 Å². The number of hydrogen-bond donors (Lipinski definition) is 1. The second kappa shape index (κ2) is 6.35. The van der Waals surface area contributed by atoms with E-state index in [4.69, 9.17) is 0 Å². The standard InChI is InChI=1S/C16H26N2/c1-13-5-4-6-15(11-13)7-9-18-10-8-16(17-3)14(2)12-18/h4-6,11,14,16-17H,7-10,12H2,1-3H3. The van der Waals surface area contributed by atoms with Gasteiger partial charge in [0.1, 0.15) is 0 Å². The van der Waals surface area contributed by atoms with E-state index in [9.17, 15) is 0 Å². The summed E-state index contributed by atoms with van der Waals surface area (Å²) in [5, 5.41) is 3.43. The molecule has 2 unspecified atom stereocenters. The van der Waals surface area contributed by atoms with Gasteiger partial charge in [0.05, 0.1) is 0 Å². The van der Waals surface area contributed by atoms with Gasteiger partial charge in [-0.2, -0.15) is 0 Å². The van der Waals surface area contributed by atoms with Crippen LogP contribution in [0.25, 0.3) is 0 Å². The summed E-state index contributed by atoms with van der Waals surface area (Å²) in [5.41, 5.74) is 2.84. The molecule has 2 nitrogen and oxygen atoms in total. The first-order valence-electron chi connectivity index (χ1n) is 7.14. The first-order chi connectivity index (χ1) is 8.69. The van der Waals surface area contributed by atoms with Crippen LogP contribution in [0.3, 0.4) is 0 Å². The Bertz CT molecular complexity index is 375. The summed E-state index contributed by atoms with van der Waals surface area (Å²) in [4.78, 5) is 2.61. The highest BCUT2D eigenvalue weighted by Crippen LogP contribution is 2.17. The number of benzene rings is 1. The Balaban J connectivity index is 1.81. The van der Waals surface area contributed by atoms with Crippen LogP contribution in [0.2, 0.25) is 0 Å². The monoisotopic (exact) mass is 246 g/mol. The lowest BCUT2D eigenvalue weighted by atomic mass is 9.94. The summed E-state index contributed by atoms with van der Waals surface area (Å²) in [6, 6.07) is 9.60. The van der Waals surface area contributed by atoms with Crippen molar-refractivity contribution in [2.75, 3.05) is 26.7 Å². The van der Waals surface area contributed by atoms with Crippen LogP contribution in [0.4, 0.5) is 0 Å². The van der Waals surface area contributed by atoms with E-state index >= 15 is 0 Å². The third kappa shape index (κ3) is 3.56. The van der Waals surface area contributed by atoms with Gasteiger partial charge in [-0.1, -0.05) is 36.8 Å². The van der Waals surface area contributed by atoms with Crippen LogP contribution in [-0.4, -0.2) is 37.6 Å². The summed E-state index contributed by atoms with van der Waals surface area (Å²) in [5.74, 6) is 0.765. The maximum atomic E-state index is 3.43. The van der Waals surface area contributed by atoms with Crippen molar-refractivity contribution >= 4 is 0 Å². The van der Waals surface area contributed by atoms with Gasteiger partial charge in [0.25, 0.3) is 0 Å². The molecule has 1 N–H and O–H groups in total. The van der Waals surface area contributed by atoms with Gasteiger partial charge in [-0.05, 0) is 44.8 Å². The van der Waals surface area contributed by atoms with Crippen LogP contribution >= 0.6 is 0 Å². The first kappa shape index (κ1) is 13.6. The van der Waals surface area contributed by atoms with Crippen molar-refractivity contribution < 1.29 is 0 Å². The molecule has 0 amide bonds. The largest absolute Gasteiger partial charge is 0.317 e. The lowest BCUT2D eigenvalue weighted by molar-refractivity contribution is 0.153. The Labute approximate surface area is 111 Å². The van der Waals surface area contributed by atoms with Gasteiger partial charge in [-0.3, -0.25) is 0 Å². The zero-order valence-electron chi connectivity index (χ0n) is 11.9. The number of likely N-dealkylation sites (tertiary alicyclic amines) is 1. The third-order valence-electron chi connectivity index (χ3n) is 4.16. The first-order valence-corrected chi connectivity index (χ1v) is 7.14. The third-order valence-corrected chi connectivity index (χ3v) is 4.16. The molecule has 1 aromatic rings. The molecule has 0 bridgehead atoms. The molecule has 0 spiro atoms. The van der Waals surface area contributed by atoms with Gasteiger partial charge in [-0.25, -0.2) is 0 Å². The summed E-state index contributed by atoms with van der Waals surface area (Å²) in [6.45, 7) is 8.20. The molecule has 18 heavy (non-hydrogen) atoms. The Morgan fingerprint density at radius 2 is 2.22 bits per heavy atom. The molecule has 1 aromatic carbocycles. The average Bonchev–Trinajstić information content (AvgIpc) is 2.37. The molecule has 1 fully saturated rings. The lowest BCUT2D eigenvalue weighted by Gasteiger charge is -2.36. The number of piperidine rings is 1. The molecule has 100 valence electrons. The van der Waals surface area contributed by atoms with Crippen molar-refractivity contribution in [2.45, 2.75) is 32.7 Å². The zero-order valence-corrected chi connectivity index (χ0v) is 11.9. The van der Waals surface area contributed by atoms with Crippen molar-refractivity contribution in [1.29, 1.82) is 0 Å². The molecule has 1 aliphatic rings. The van der Waals surface area contributed by atoms with Gasteiger partial charge in [-0.15, -0.1) is 0 Å². The summed E-state index contributed by atoms with van der Waals surface area (Å²) >= 11 is 0. The fraction of sp³-hybridized carbons (Fsp3) is 0.625. The van der Waals surface area contributed by atoms with Crippen LogP contribution < -0.4 is 5.32 Å². The molecule has 2 rings (SSSR count). The molecule has 1 aliphatic heterocycles. The van der Waals surface area contributed by atoms with E-state index in [2.05, 4.69) is 55.4 Å². The van der Waals surface area contributed by atoms with Crippen LogP contribution in [0, 0.1) is 12.8 Å². The van der Waals surface area contributed by atoms with Crippen LogP contribution in [0.5, 0.6) is 0 Å². The van der Waals surface area contributed by atoms with E-state index in [-0.39, 0.29) is 0 Å². The summed E-state index contributed by atoms with van der Waals surface area (Å²) < 4.78 is 0. The summed E-state index contributed by atoms with van der Waals surface area (Å²) in [6.07, 6.45) is 2.46. The second-order valence-corrected chi connectivity index (χ2v) is 5.70. The van der Waals surface area contributed by atoms with Crippen LogP contribution in [0.15, 0.2) is 24.3 Å². The van der Waals surface area contributed by atoms with Gasteiger partial charge in [0.2, 0.25) is 0 Å². The fourth-order valence-electron chi connectivity index (χ4n) is 3.02. The molecule has 0 aromatic heterocycles. The quantitative estimate of drug-likeness (QED) is 0.878. The molecular weight excluding hydrogens is 220 g/mol. The van der Waals surface area contributed by atoms with Gasteiger partial charge in [0.15, 0.2) is 0 Å². The molecule has 0 saturated carbocycles. The Hall–Kier alpha value is -0.860. The Morgan fingerprint density at radius 1 is 1.39 bits per heavy atom. The molecule has 1 heterocycles. The molecule has 2 atom stereocenters. The van der Waals surface area contributed by atoms with E-state index in [1.165, 1.54) is 43.6 Å². The smallest absolute Gasteiger partial charge is 0.0114 e. The maximum Gasteiger partial charge on any atom is 0.0114 e. The number of nitrogens with zero attached hydrogens (tertiary/aromatic N) is 1. The Morgan fingerprint density at radius 3 is 2.89 bits per heavy atom. The van der Waals surface area contributed by atoms with Gasteiger partial charge in [0, 0.05) is 19.1 Å². The van der Waals surface area contributed by atoms with Crippen molar-refractivity contribution in [3.63, 3.8) is 0 Å². The normalized spacial score (nSPS) is 25.3. The molecule has 0 aliphatic carbocycles. The highest BCUT2D eigenvalue weighted by atomic mass is 15.1. The molecule has 1 saturated heterocycles. The minimum atomic E-state index is 0.709. The van der Waals surface area contributed by atoms with E-state index in [0.717, 1.165) is 5.92 Å². The number of hydrogen-bond acceptors (Lipinski definition) is 2. The molecular formula is C16H26N2. The fourth-order valence-corrected chi connectivity index (χ4v) is 3.02. The van der Waals surface area contributed by atoms with E-state index in [1.54, 1.807) is 0 Å². The van der Waals surface area contributed by atoms with Crippen molar-refractivity contribution in [3.8, 4) is 0 Å². The molecule has 2 heteroatoms. The second-order valence-electron chi connectivity index (χ2n) is 5.70. The minimum Gasteiger partial charge on any atom is -0.317 e.